The Kier molecular flexibility index (Phi) is 9.89. The smallest absolute Gasteiger partial charge is 0.414 e. The van der Waals surface area contributed by atoms with E-state index >= 15 is 0 Å². The Labute approximate surface area is 213 Å². The molecule has 0 saturated carbocycles. The zero-order valence-corrected chi connectivity index (χ0v) is 20.3. The van der Waals surface area contributed by atoms with E-state index in [1.54, 1.807) is 24.3 Å². The Bertz CT molecular complexity index is 1080. The van der Waals surface area contributed by atoms with Crippen molar-refractivity contribution in [3.8, 4) is 0 Å². The molecular weight excluding hydrogens is 480 g/mol. The molecule has 3 rings (SSSR count). The fourth-order valence-electron chi connectivity index (χ4n) is 3.71. The van der Waals surface area contributed by atoms with Crippen molar-refractivity contribution in [1.82, 2.24) is 15.5 Å². The molecule has 0 aromatic heterocycles. The molecule has 0 radical (unpaired) electrons. The molecule has 1 aliphatic heterocycles. The number of amides is 4. The first-order chi connectivity index (χ1) is 17.9. The summed E-state index contributed by atoms with van der Waals surface area (Å²) in [6, 6.07) is 17.3. The summed E-state index contributed by atoms with van der Waals surface area (Å²) in [4.78, 5) is 64.6. The predicted octanol–water partition coefficient (Wildman–Crippen LogP) is 2.55. The van der Waals surface area contributed by atoms with Gasteiger partial charge >= 0.3 is 12.2 Å². The molecule has 2 aromatic carbocycles. The highest BCUT2D eigenvalue weighted by molar-refractivity contribution is 6.05. The molecule has 0 bridgehead atoms. The van der Waals surface area contributed by atoms with Crippen molar-refractivity contribution in [1.29, 1.82) is 0 Å². The molecule has 0 spiro atoms. The topological polar surface area (TPSA) is 143 Å². The van der Waals surface area contributed by atoms with E-state index in [2.05, 4.69) is 15.6 Å². The molecule has 4 amide bonds. The van der Waals surface area contributed by atoms with E-state index < -0.39 is 36.0 Å². The second kappa shape index (κ2) is 13.5. The van der Waals surface area contributed by atoms with Gasteiger partial charge in [0.25, 0.3) is 0 Å². The van der Waals surface area contributed by atoms with E-state index in [9.17, 15) is 24.0 Å². The van der Waals surface area contributed by atoms with Crippen molar-refractivity contribution in [3.05, 3.63) is 71.8 Å². The molecule has 194 valence electrons. The largest absolute Gasteiger partial charge is 0.444 e. The molecule has 2 atom stereocenters. The van der Waals surface area contributed by atoms with Gasteiger partial charge in [0.1, 0.15) is 25.5 Å². The summed E-state index contributed by atoms with van der Waals surface area (Å²) < 4.78 is 10.3. The van der Waals surface area contributed by atoms with Crippen molar-refractivity contribution in [2.24, 2.45) is 10.9 Å². The zero-order valence-electron chi connectivity index (χ0n) is 20.3. The monoisotopic (exact) mass is 508 g/mol. The van der Waals surface area contributed by atoms with Gasteiger partial charge in [-0.3, -0.25) is 30.1 Å². The highest BCUT2D eigenvalue weighted by atomic mass is 16.6. The van der Waals surface area contributed by atoms with Crippen LogP contribution in [0.1, 0.15) is 30.9 Å². The van der Waals surface area contributed by atoms with E-state index in [-0.39, 0.29) is 25.7 Å². The van der Waals surface area contributed by atoms with Gasteiger partial charge in [-0.1, -0.05) is 60.7 Å². The van der Waals surface area contributed by atoms with Gasteiger partial charge in [-0.15, -0.1) is 0 Å². The Morgan fingerprint density at radius 1 is 0.919 bits per heavy atom. The first kappa shape index (κ1) is 27.1. The number of hydrogen-bond acceptors (Lipinski definition) is 8. The van der Waals surface area contributed by atoms with Crippen molar-refractivity contribution in [2.75, 3.05) is 6.54 Å². The lowest BCUT2D eigenvalue weighted by molar-refractivity contribution is -0.167. The second-order valence-electron chi connectivity index (χ2n) is 8.21. The summed E-state index contributed by atoms with van der Waals surface area (Å²) in [5, 5.41) is 4.77. The van der Waals surface area contributed by atoms with E-state index in [0.29, 0.717) is 19.1 Å². The van der Waals surface area contributed by atoms with Crippen LogP contribution in [0.4, 0.5) is 9.59 Å². The number of nitrogens with one attached hydrogen (secondary N) is 2. The number of hydrogen-bond donors (Lipinski definition) is 2. The van der Waals surface area contributed by atoms with Crippen molar-refractivity contribution in [3.63, 3.8) is 0 Å². The van der Waals surface area contributed by atoms with E-state index in [0.717, 1.165) is 16.0 Å². The third-order valence-electron chi connectivity index (χ3n) is 5.55. The minimum Gasteiger partial charge on any atom is -0.444 e. The van der Waals surface area contributed by atoms with E-state index in [4.69, 9.17) is 9.47 Å². The lowest BCUT2D eigenvalue weighted by atomic mass is 9.84. The van der Waals surface area contributed by atoms with Crippen LogP contribution in [0.25, 0.3) is 0 Å². The normalized spacial score (nSPS) is 16.1. The fraction of sp³-hybridized carbons (Fsp3) is 0.308. The standard InChI is InChI=1S/C26H28N4O7/c1-18(32)30-22(15-31)21(23(30)33)13-8-14-27-24(28-25(34)36-16-19-9-4-2-5-10-19)29-26(35)37-17-20-11-6-3-7-12-20/h2-7,9-12,15,21-22H,8,13-14,16-17H2,1H3,(H2,27,28,29,34,35)/t21?,22-/m1/s1. The average molecular weight is 509 g/mol. The number of likely N-dealkylation sites (tertiary alicyclic amines) is 1. The van der Waals surface area contributed by atoms with Crippen LogP contribution in [0.2, 0.25) is 0 Å². The van der Waals surface area contributed by atoms with Crippen LogP contribution in [0.3, 0.4) is 0 Å². The molecule has 1 heterocycles. The van der Waals surface area contributed by atoms with Gasteiger partial charge in [-0.25, -0.2) is 9.59 Å². The number of alkyl carbamates (subject to hydrolysis) is 2. The van der Waals surface area contributed by atoms with Crippen LogP contribution in [0.5, 0.6) is 0 Å². The minimum atomic E-state index is -0.835. The fourth-order valence-corrected chi connectivity index (χ4v) is 3.71. The van der Waals surface area contributed by atoms with Gasteiger partial charge in [0, 0.05) is 13.5 Å². The third kappa shape index (κ3) is 7.99. The number of carbonyl (C=O) groups is 5. The van der Waals surface area contributed by atoms with Crippen LogP contribution < -0.4 is 10.6 Å². The summed E-state index contributed by atoms with van der Waals surface area (Å²) in [7, 11) is 0. The van der Waals surface area contributed by atoms with Crippen LogP contribution in [0.15, 0.2) is 65.7 Å². The van der Waals surface area contributed by atoms with Gasteiger partial charge in [-0.05, 0) is 24.0 Å². The van der Waals surface area contributed by atoms with Crippen molar-refractivity contribution in [2.45, 2.75) is 39.0 Å². The molecule has 1 fully saturated rings. The molecule has 2 aromatic rings. The Morgan fingerprint density at radius 3 is 1.89 bits per heavy atom. The van der Waals surface area contributed by atoms with Crippen LogP contribution >= 0.6 is 0 Å². The molecule has 11 heteroatoms. The third-order valence-corrected chi connectivity index (χ3v) is 5.55. The highest BCUT2D eigenvalue weighted by Crippen LogP contribution is 2.29. The Balaban J connectivity index is 1.55. The summed E-state index contributed by atoms with van der Waals surface area (Å²) in [6.07, 6.45) is -0.426. The maximum absolute atomic E-state index is 12.3. The van der Waals surface area contributed by atoms with Gasteiger partial charge in [0.05, 0.1) is 5.92 Å². The van der Waals surface area contributed by atoms with E-state index in [1.807, 2.05) is 36.4 Å². The first-order valence-electron chi connectivity index (χ1n) is 11.7. The van der Waals surface area contributed by atoms with Gasteiger partial charge in [0.15, 0.2) is 0 Å². The maximum Gasteiger partial charge on any atom is 0.414 e. The predicted molar refractivity (Wildman–Crippen MR) is 132 cm³/mol. The average Bonchev–Trinajstić information content (AvgIpc) is 2.89. The van der Waals surface area contributed by atoms with Crippen molar-refractivity contribution < 1.29 is 33.4 Å². The quantitative estimate of drug-likeness (QED) is 0.174. The highest BCUT2D eigenvalue weighted by Gasteiger charge is 2.48. The van der Waals surface area contributed by atoms with Crippen molar-refractivity contribution >= 4 is 36.2 Å². The summed E-state index contributed by atoms with van der Waals surface area (Å²) in [5.74, 6) is -1.67. The van der Waals surface area contributed by atoms with Gasteiger partial charge in [-0.2, -0.15) is 0 Å². The SMILES string of the molecule is CC(=O)N1C(=O)C(CCCN=C(NC(=O)OCc2ccccc2)NC(=O)OCc2ccccc2)[C@H]1C=O. The molecule has 37 heavy (non-hydrogen) atoms. The second-order valence-corrected chi connectivity index (χ2v) is 8.21. The number of imide groups is 1. The number of aliphatic imine (C=N–C) groups is 1. The number of β-lactam (4-membered cyclic amide) rings is 1. The van der Waals surface area contributed by atoms with Crippen LogP contribution in [-0.4, -0.2) is 53.7 Å². The lowest BCUT2D eigenvalue weighted by Gasteiger charge is -2.42. The number of nitrogens with zero attached hydrogens (tertiary/aromatic N) is 2. The van der Waals surface area contributed by atoms with Gasteiger partial charge < -0.3 is 14.3 Å². The molecule has 1 unspecified atom stereocenters. The number of aldehydes is 1. The summed E-state index contributed by atoms with van der Waals surface area (Å²) in [5.41, 5.74) is 1.56. The number of carbonyl (C=O) groups excluding carboxylic acids is 5. The lowest BCUT2D eigenvalue weighted by Crippen LogP contribution is -2.63. The number of benzene rings is 2. The van der Waals surface area contributed by atoms with Crippen LogP contribution in [-0.2, 0) is 37.1 Å². The van der Waals surface area contributed by atoms with E-state index in [1.165, 1.54) is 6.92 Å². The molecule has 1 saturated heterocycles. The zero-order chi connectivity index (χ0) is 26.6. The summed E-state index contributed by atoms with van der Waals surface area (Å²) >= 11 is 0. The van der Waals surface area contributed by atoms with Crippen LogP contribution in [0, 0.1) is 5.92 Å². The molecule has 11 nitrogen and oxygen atoms in total. The van der Waals surface area contributed by atoms with Gasteiger partial charge in [0.2, 0.25) is 17.8 Å². The number of guanidine groups is 1. The molecular formula is C26H28N4O7. The Morgan fingerprint density at radius 2 is 1.43 bits per heavy atom. The molecule has 0 aliphatic carbocycles. The maximum atomic E-state index is 12.3. The first-order valence-corrected chi connectivity index (χ1v) is 11.7. The number of ether oxygens (including phenoxy) is 2. The number of rotatable bonds is 9. The Hall–Kier alpha value is -4.54. The molecule has 1 aliphatic rings. The molecule has 2 N–H and O–H groups in total. The summed E-state index contributed by atoms with van der Waals surface area (Å²) in [6.45, 7) is 1.37. The minimum absolute atomic E-state index is 0.0158.